The Morgan fingerprint density at radius 1 is 1.16 bits per heavy atom. The minimum absolute atomic E-state index is 0.153. The number of hydrogen-bond donors (Lipinski definition) is 2. The molecule has 0 bridgehead atoms. The number of aliphatic hydroxyl groups excluding tert-OH is 1. The second-order valence-electron chi connectivity index (χ2n) is 4.14. The fraction of sp³-hybridized carbons (Fsp3) is 0.571. The number of benzene rings is 1. The van der Waals surface area contributed by atoms with Crippen molar-refractivity contribution in [3.05, 3.63) is 24.3 Å². The lowest BCUT2D eigenvalue weighted by Crippen LogP contribution is -2.36. The molecule has 108 valence electrons. The average molecular weight is 269 g/mol. The molecule has 0 radical (unpaired) electrons. The highest BCUT2D eigenvalue weighted by molar-refractivity contribution is 5.31. The van der Waals surface area contributed by atoms with Crippen molar-refractivity contribution in [2.75, 3.05) is 40.6 Å². The van der Waals surface area contributed by atoms with Gasteiger partial charge in [-0.25, -0.2) is 0 Å². The molecular formula is C14H23NO4. The predicted molar refractivity (Wildman–Crippen MR) is 73.9 cm³/mol. The van der Waals surface area contributed by atoms with Crippen LogP contribution in [0, 0.1) is 0 Å². The van der Waals surface area contributed by atoms with Gasteiger partial charge in [-0.3, -0.25) is 0 Å². The van der Waals surface area contributed by atoms with Gasteiger partial charge in [-0.05, 0) is 30.7 Å². The molecule has 5 heteroatoms. The van der Waals surface area contributed by atoms with Crippen LogP contribution in [0.4, 0.5) is 0 Å². The van der Waals surface area contributed by atoms with Gasteiger partial charge >= 0.3 is 0 Å². The second-order valence-corrected chi connectivity index (χ2v) is 4.14. The maximum Gasteiger partial charge on any atom is 0.119 e. The van der Waals surface area contributed by atoms with Gasteiger partial charge in [0.05, 0.1) is 13.7 Å². The molecule has 5 nitrogen and oxygen atoms in total. The van der Waals surface area contributed by atoms with Gasteiger partial charge in [-0.1, -0.05) is 0 Å². The largest absolute Gasteiger partial charge is 0.497 e. The third-order valence-electron chi connectivity index (χ3n) is 2.71. The summed E-state index contributed by atoms with van der Waals surface area (Å²) in [5, 5.41) is 12.2. The molecule has 1 atom stereocenters. The van der Waals surface area contributed by atoms with Gasteiger partial charge in [0.1, 0.15) is 18.1 Å². The van der Waals surface area contributed by atoms with E-state index in [1.807, 2.05) is 24.3 Å². The number of ether oxygens (including phenoxy) is 3. The zero-order valence-electron chi connectivity index (χ0n) is 11.6. The van der Waals surface area contributed by atoms with E-state index in [9.17, 15) is 0 Å². The zero-order valence-corrected chi connectivity index (χ0v) is 11.6. The third kappa shape index (κ3) is 6.42. The van der Waals surface area contributed by atoms with E-state index in [1.54, 1.807) is 14.2 Å². The van der Waals surface area contributed by atoms with Crippen LogP contribution in [0.15, 0.2) is 24.3 Å². The Bertz CT molecular complexity index is 323. The topological polar surface area (TPSA) is 60.0 Å². The van der Waals surface area contributed by atoms with Gasteiger partial charge < -0.3 is 24.6 Å². The molecule has 0 amide bonds. The third-order valence-corrected chi connectivity index (χ3v) is 2.71. The Morgan fingerprint density at radius 2 is 1.84 bits per heavy atom. The minimum atomic E-state index is 0.153. The summed E-state index contributed by atoms with van der Waals surface area (Å²) in [5.41, 5.74) is 0. The number of aliphatic hydroxyl groups is 1. The molecule has 0 saturated heterocycles. The van der Waals surface area contributed by atoms with Crippen LogP contribution in [0.3, 0.4) is 0 Å². The van der Waals surface area contributed by atoms with Crippen LogP contribution >= 0.6 is 0 Å². The molecular weight excluding hydrogens is 246 g/mol. The first-order chi connectivity index (χ1) is 9.30. The summed E-state index contributed by atoms with van der Waals surface area (Å²) >= 11 is 0. The number of methoxy groups -OCH3 is 2. The van der Waals surface area contributed by atoms with Gasteiger partial charge in [0.25, 0.3) is 0 Å². The molecule has 2 N–H and O–H groups in total. The van der Waals surface area contributed by atoms with Crippen LogP contribution in [0.25, 0.3) is 0 Å². The standard InChI is InChI=1S/C14H23NO4/c1-17-11-12(7-9-16)15-8-10-19-14-5-3-13(18-2)4-6-14/h3-6,12,15-16H,7-11H2,1-2H3. The Kier molecular flexibility index (Phi) is 7.97. The van der Waals surface area contributed by atoms with E-state index >= 15 is 0 Å². The fourth-order valence-electron chi connectivity index (χ4n) is 1.71. The van der Waals surface area contributed by atoms with Crippen LogP contribution in [0.2, 0.25) is 0 Å². The lowest BCUT2D eigenvalue weighted by atomic mass is 10.2. The van der Waals surface area contributed by atoms with Crippen molar-refractivity contribution in [1.29, 1.82) is 0 Å². The average Bonchev–Trinajstić information content (AvgIpc) is 2.44. The Labute approximate surface area is 114 Å². The van der Waals surface area contributed by atoms with Crippen LogP contribution < -0.4 is 14.8 Å². The van der Waals surface area contributed by atoms with E-state index in [0.29, 0.717) is 26.2 Å². The summed E-state index contributed by atoms with van der Waals surface area (Å²) in [6, 6.07) is 7.64. The Morgan fingerprint density at radius 3 is 2.42 bits per heavy atom. The van der Waals surface area contributed by atoms with Crippen molar-refractivity contribution in [2.45, 2.75) is 12.5 Å². The summed E-state index contributed by atoms with van der Waals surface area (Å²) in [7, 11) is 3.29. The van der Waals surface area contributed by atoms with Gasteiger partial charge in [-0.2, -0.15) is 0 Å². The van der Waals surface area contributed by atoms with Crippen molar-refractivity contribution in [1.82, 2.24) is 5.32 Å². The molecule has 1 rings (SSSR count). The number of rotatable bonds is 10. The number of nitrogens with one attached hydrogen (secondary N) is 1. The summed E-state index contributed by atoms with van der Waals surface area (Å²) < 4.78 is 15.7. The first kappa shape index (κ1) is 15.8. The summed E-state index contributed by atoms with van der Waals surface area (Å²) in [5.74, 6) is 1.63. The minimum Gasteiger partial charge on any atom is -0.497 e. The Balaban J connectivity index is 2.21. The van der Waals surface area contributed by atoms with Gasteiger partial charge in [0, 0.05) is 26.3 Å². The highest BCUT2D eigenvalue weighted by Crippen LogP contribution is 2.16. The van der Waals surface area contributed by atoms with E-state index in [2.05, 4.69) is 5.32 Å². The normalized spacial score (nSPS) is 12.2. The molecule has 0 saturated carbocycles. The van der Waals surface area contributed by atoms with E-state index in [-0.39, 0.29) is 12.6 Å². The van der Waals surface area contributed by atoms with Crippen molar-refractivity contribution in [2.24, 2.45) is 0 Å². The van der Waals surface area contributed by atoms with Crippen LogP contribution in [-0.2, 0) is 4.74 Å². The molecule has 1 aromatic carbocycles. The zero-order chi connectivity index (χ0) is 13.9. The summed E-state index contributed by atoms with van der Waals surface area (Å²) in [6.45, 7) is 2.02. The fourth-order valence-corrected chi connectivity index (χ4v) is 1.71. The van der Waals surface area contributed by atoms with E-state index in [0.717, 1.165) is 11.5 Å². The Hall–Kier alpha value is -1.30. The molecule has 0 aromatic heterocycles. The maximum atomic E-state index is 8.91. The molecule has 0 heterocycles. The van der Waals surface area contributed by atoms with Crippen LogP contribution in [0.1, 0.15) is 6.42 Å². The first-order valence-corrected chi connectivity index (χ1v) is 6.40. The summed E-state index contributed by atoms with van der Waals surface area (Å²) in [4.78, 5) is 0. The number of hydrogen-bond acceptors (Lipinski definition) is 5. The van der Waals surface area contributed by atoms with E-state index < -0.39 is 0 Å². The molecule has 0 fully saturated rings. The lowest BCUT2D eigenvalue weighted by Gasteiger charge is -2.17. The lowest BCUT2D eigenvalue weighted by molar-refractivity contribution is 0.145. The molecule has 1 aromatic rings. The highest BCUT2D eigenvalue weighted by Gasteiger charge is 2.06. The SMILES string of the molecule is COCC(CCO)NCCOc1ccc(OC)cc1. The molecule has 0 aliphatic heterocycles. The monoisotopic (exact) mass is 269 g/mol. The van der Waals surface area contributed by atoms with Crippen molar-refractivity contribution < 1.29 is 19.3 Å². The van der Waals surface area contributed by atoms with Gasteiger partial charge in [0.15, 0.2) is 0 Å². The maximum absolute atomic E-state index is 8.91. The van der Waals surface area contributed by atoms with Crippen molar-refractivity contribution >= 4 is 0 Å². The van der Waals surface area contributed by atoms with Crippen molar-refractivity contribution in [3.63, 3.8) is 0 Å². The highest BCUT2D eigenvalue weighted by atomic mass is 16.5. The predicted octanol–water partition coefficient (Wildman–Crippen LogP) is 1.06. The van der Waals surface area contributed by atoms with E-state index in [4.69, 9.17) is 19.3 Å². The first-order valence-electron chi connectivity index (χ1n) is 6.40. The van der Waals surface area contributed by atoms with Crippen LogP contribution in [-0.4, -0.2) is 51.7 Å². The van der Waals surface area contributed by atoms with Crippen LogP contribution in [0.5, 0.6) is 11.5 Å². The molecule has 1 unspecified atom stereocenters. The smallest absolute Gasteiger partial charge is 0.119 e. The molecule has 0 aliphatic rings. The van der Waals surface area contributed by atoms with Crippen molar-refractivity contribution in [3.8, 4) is 11.5 Å². The molecule has 19 heavy (non-hydrogen) atoms. The molecule has 0 spiro atoms. The summed E-state index contributed by atoms with van der Waals surface area (Å²) in [6.07, 6.45) is 0.677. The second kappa shape index (κ2) is 9.61. The van der Waals surface area contributed by atoms with E-state index in [1.165, 1.54) is 0 Å². The molecule has 0 aliphatic carbocycles. The quantitative estimate of drug-likeness (QED) is 0.622. The van der Waals surface area contributed by atoms with Gasteiger partial charge in [-0.15, -0.1) is 0 Å². The van der Waals surface area contributed by atoms with Gasteiger partial charge in [0.2, 0.25) is 0 Å².